The van der Waals surface area contributed by atoms with Gasteiger partial charge in [0.15, 0.2) is 17.5 Å². The van der Waals surface area contributed by atoms with Crippen LogP contribution in [0.25, 0.3) is 11.3 Å². The van der Waals surface area contributed by atoms with E-state index >= 15 is 0 Å². The molecular weight excluding hydrogens is 412 g/mol. The van der Waals surface area contributed by atoms with Gasteiger partial charge in [-0.3, -0.25) is 0 Å². The highest BCUT2D eigenvalue weighted by Crippen LogP contribution is 2.59. The van der Waals surface area contributed by atoms with Crippen molar-refractivity contribution in [1.29, 1.82) is 0 Å². The number of anilines is 1. The molecule has 8 rings (SSSR count). The summed E-state index contributed by atoms with van der Waals surface area (Å²) in [5.41, 5.74) is 2.71. The van der Waals surface area contributed by atoms with Gasteiger partial charge in [0.2, 0.25) is 5.89 Å². The van der Waals surface area contributed by atoms with Gasteiger partial charge in [0.05, 0.1) is 6.20 Å². The minimum atomic E-state index is 0.118. The molecule has 3 aromatic rings. The lowest BCUT2D eigenvalue weighted by Gasteiger charge is -2.54. The van der Waals surface area contributed by atoms with Gasteiger partial charge < -0.3 is 14.3 Å². The molecule has 5 saturated carbocycles. The number of aromatic nitrogens is 3. The molecule has 0 amide bonds. The van der Waals surface area contributed by atoms with Crippen molar-refractivity contribution in [2.75, 3.05) is 5.32 Å². The summed E-state index contributed by atoms with van der Waals surface area (Å²) >= 11 is 0. The largest absolute Gasteiger partial charge is 0.440 e. The van der Waals surface area contributed by atoms with Crippen LogP contribution in [0, 0.1) is 5.41 Å². The summed E-state index contributed by atoms with van der Waals surface area (Å²) in [5.74, 6) is 4.74. The molecule has 0 aliphatic heterocycles. The van der Waals surface area contributed by atoms with E-state index < -0.39 is 0 Å². The van der Waals surface area contributed by atoms with Crippen LogP contribution >= 0.6 is 0 Å². The highest BCUT2D eigenvalue weighted by atomic mass is 16.5. The molecule has 33 heavy (non-hydrogen) atoms. The van der Waals surface area contributed by atoms with Crippen molar-refractivity contribution in [3.05, 3.63) is 48.1 Å². The molecule has 1 aromatic carbocycles. The summed E-state index contributed by atoms with van der Waals surface area (Å²) in [5, 5.41) is 8.16. The van der Waals surface area contributed by atoms with Crippen LogP contribution in [0.5, 0.6) is 0 Å². The van der Waals surface area contributed by atoms with E-state index in [4.69, 9.17) is 13.9 Å². The van der Waals surface area contributed by atoms with E-state index in [1.807, 2.05) is 6.20 Å². The zero-order chi connectivity index (χ0) is 22.0. The summed E-state index contributed by atoms with van der Waals surface area (Å²) < 4.78 is 11.8. The molecule has 6 nitrogen and oxygen atoms in total. The summed E-state index contributed by atoms with van der Waals surface area (Å²) in [4.78, 5) is 9.34. The van der Waals surface area contributed by atoms with Gasteiger partial charge in [0, 0.05) is 34.5 Å². The number of fused-ring (bicyclic) bond motifs is 3. The Hall–Kier alpha value is -2.63. The molecule has 2 aromatic heterocycles. The number of hydrogen-bond acceptors (Lipinski definition) is 6. The van der Waals surface area contributed by atoms with Crippen LogP contribution in [0.1, 0.15) is 101 Å². The van der Waals surface area contributed by atoms with Gasteiger partial charge in [-0.05, 0) is 88.7 Å². The van der Waals surface area contributed by atoms with Crippen molar-refractivity contribution < 1.29 is 8.94 Å². The maximum atomic E-state index is 6.03. The molecule has 1 atom stereocenters. The summed E-state index contributed by atoms with van der Waals surface area (Å²) in [6.45, 7) is 2.36. The van der Waals surface area contributed by atoms with Crippen molar-refractivity contribution in [3.8, 4) is 11.3 Å². The third kappa shape index (κ3) is 3.41. The summed E-state index contributed by atoms with van der Waals surface area (Å²) in [7, 11) is 0. The number of rotatable bonds is 7. The van der Waals surface area contributed by atoms with E-state index in [9.17, 15) is 0 Å². The molecule has 2 bridgehead atoms. The number of benzene rings is 1. The normalized spacial score (nSPS) is 29.8. The van der Waals surface area contributed by atoms with Gasteiger partial charge in [0.25, 0.3) is 0 Å². The molecule has 5 aliphatic rings. The minimum absolute atomic E-state index is 0.118. The molecule has 2 heterocycles. The maximum absolute atomic E-state index is 6.03. The van der Waals surface area contributed by atoms with Crippen LogP contribution in [0.4, 0.5) is 5.69 Å². The third-order valence-corrected chi connectivity index (χ3v) is 9.04. The van der Waals surface area contributed by atoms with Crippen LogP contribution in [0.2, 0.25) is 0 Å². The van der Waals surface area contributed by atoms with E-state index in [-0.39, 0.29) is 5.41 Å². The van der Waals surface area contributed by atoms with Gasteiger partial charge in [-0.1, -0.05) is 17.3 Å². The molecule has 6 heteroatoms. The zero-order valence-electron chi connectivity index (χ0n) is 19.3. The van der Waals surface area contributed by atoms with Crippen LogP contribution < -0.4 is 5.32 Å². The smallest absolute Gasteiger partial charge is 0.232 e. The lowest BCUT2D eigenvalue weighted by atomic mass is 9.51. The Labute approximate surface area is 194 Å². The lowest BCUT2D eigenvalue weighted by molar-refractivity contribution is 0.0126. The topological polar surface area (TPSA) is 77.0 Å². The fourth-order valence-electron chi connectivity index (χ4n) is 6.25. The quantitative estimate of drug-likeness (QED) is 0.444. The second-order valence-electron chi connectivity index (χ2n) is 11.2. The van der Waals surface area contributed by atoms with Crippen LogP contribution in [0.15, 0.2) is 39.4 Å². The molecular formula is C27H32N4O2. The first kappa shape index (κ1) is 19.8. The van der Waals surface area contributed by atoms with E-state index in [2.05, 4.69) is 46.6 Å². The Morgan fingerprint density at radius 3 is 2.48 bits per heavy atom. The van der Waals surface area contributed by atoms with Gasteiger partial charge in [-0.2, -0.15) is 4.98 Å². The standard InChI is InChI=1S/C27H32N4O2/c1-17(29-21-4-2-3-20(15-21)22-16-28-24(32-22)19-7-8-19)26-9-12-27(13-10-26,14-11-26)25-30-23(31-33-25)18-5-6-18/h2-4,15-19,29H,5-14H2,1H3. The second-order valence-corrected chi connectivity index (χ2v) is 11.2. The second kappa shape index (κ2) is 7.18. The number of nitrogens with one attached hydrogen (secondary N) is 1. The lowest BCUT2D eigenvalue weighted by Crippen LogP contribution is -2.51. The van der Waals surface area contributed by atoms with Gasteiger partial charge >= 0.3 is 0 Å². The van der Waals surface area contributed by atoms with Crippen molar-refractivity contribution >= 4 is 5.69 Å². The van der Waals surface area contributed by atoms with Gasteiger partial charge in [0.1, 0.15) is 0 Å². The van der Waals surface area contributed by atoms with E-state index in [0.29, 0.717) is 23.3 Å². The molecule has 1 N–H and O–H groups in total. The molecule has 5 fully saturated rings. The summed E-state index contributed by atoms with van der Waals surface area (Å²) in [6, 6.07) is 9.01. The Bertz CT molecular complexity index is 1150. The van der Waals surface area contributed by atoms with Crippen LogP contribution in [0.3, 0.4) is 0 Å². The first-order valence-corrected chi connectivity index (χ1v) is 12.8. The average Bonchev–Trinajstić information content (AvgIpc) is 3.79. The molecule has 0 saturated heterocycles. The SMILES string of the molecule is CC(Nc1cccc(-c2cnc(C3CC3)o2)c1)C12CCC(c3nc(C4CC4)no3)(CC1)CC2. The van der Waals surface area contributed by atoms with E-state index in [1.54, 1.807) is 0 Å². The fourth-order valence-corrected chi connectivity index (χ4v) is 6.25. The highest BCUT2D eigenvalue weighted by Gasteiger charge is 2.54. The Morgan fingerprint density at radius 1 is 1.00 bits per heavy atom. The zero-order valence-corrected chi connectivity index (χ0v) is 19.3. The molecule has 0 radical (unpaired) electrons. The Morgan fingerprint density at radius 2 is 1.76 bits per heavy atom. The van der Waals surface area contributed by atoms with Crippen molar-refractivity contribution in [1.82, 2.24) is 15.1 Å². The third-order valence-electron chi connectivity index (χ3n) is 9.04. The molecule has 0 spiro atoms. The predicted octanol–water partition coefficient (Wildman–Crippen LogP) is 6.57. The fraction of sp³-hybridized carbons (Fsp3) is 0.593. The first-order chi connectivity index (χ1) is 16.1. The average molecular weight is 445 g/mol. The number of hydrogen-bond donors (Lipinski definition) is 1. The minimum Gasteiger partial charge on any atom is -0.440 e. The van der Waals surface area contributed by atoms with Gasteiger partial charge in [-0.25, -0.2) is 4.98 Å². The van der Waals surface area contributed by atoms with Crippen molar-refractivity contribution in [3.63, 3.8) is 0 Å². The summed E-state index contributed by atoms with van der Waals surface area (Å²) in [6.07, 6.45) is 13.9. The van der Waals surface area contributed by atoms with Crippen molar-refractivity contribution in [2.24, 2.45) is 5.41 Å². The number of oxazole rings is 1. The Balaban J connectivity index is 1.05. The predicted molar refractivity (Wildman–Crippen MR) is 125 cm³/mol. The Kier molecular flexibility index (Phi) is 4.31. The molecule has 172 valence electrons. The monoisotopic (exact) mass is 444 g/mol. The van der Waals surface area contributed by atoms with Gasteiger partial charge in [-0.15, -0.1) is 0 Å². The number of nitrogens with zero attached hydrogens (tertiary/aromatic N) is 3. The van der Waals surface area contributed by atoms with Crippen molar-refractivity contribution in [2.45, 2.75) is 94.4 Å². The first-order valence-electron chi connectivity index (χ1n) is 12.8. The van der Waals surface area contributed by atoms with E-state index in [0.717, 1.165) is 53.9 Å². The maximum Gasteiger partial charge on any atom is 0.232 e. The highest BCUT2D eigenvalue weighted by molar-refractivity contribution is 5.63. The molecule has 1 unspecified atom stereocenters. The van der Waals surface area contributed by atoms with E-state index in [1.165, 1.54) is 44.9 Å². The molecule has 5 aliphatic carbocycles. The van der Waals surface area contributed by atoms with Crippen LogP contribution in [-0.2, 0) is 5.41 Å². The van der Waals surface area contributed by atoms with Crippen LogP contribution in [-0.4, -0.2) is 21.2 Å².